The molecule has 1 saturated heterocycles. The maximum Gasteiger partial charge on any atom is 0.333 e. The topological polar surface area (TPSA) is 194 Å². The molecule has 1 aliphatic heterocycles. The molecule has 0 aromatic heterocycles. The number of hydrogen-bond acceptors (Lipinski definition) is 10. The van der Waals surface area contributed by atoms with Crippen LogP contribution < -0.4 is 5.32 Å². The third-order valence-corrected chi connectivity index (χ3v) is 4.90. The summed E-state index contributed by atoms with van der Waals surface area (Å²) in [4.78, 5) is 76.3. The van der Waals surface area contributed by atoms with Crippen molar-refractivity contribution in [1.29, 1.82) is 0 Å². The highest BCUT2D eigenvalue weighted by molar-refractivity contribution is 6.01. The van der Waals surface area contributed by atoms with E-state index in [1.54, 1.807) is 11.8 Å². The van der Waals surface area contributed by atoms with Gasteiger partial charge in [-0.2, -0.15) is 0 Å². The second-order valence-electron chi connectivity index (χ2n) is 7.31. The predicted octanol–water partition coefficient (Wildman–Crippen LogP) is -1.79. The van der Waals surface area contributed by atoms with Gasteiger partial charge in [0.2, 0.25) is 0 Å². The average Bonchev–Trinajstić information content (AvgIpc) is 3.04. The van der Waals surface area contributed by atoms with Crippen molar-refractivity contribution in [1.82, 2.24) is 20.2 Å². The van der Waals surface area contributed by atoms with Crippen LogP contribution in [-0.4, -0.2) is 118 Å². The number of carbonyl (C=O) groups excluding carboxylic acids is 3. The third kappa shape index (κ3) is 10.4. The Kier molecular flexibility index (Phi) is 12.0. The molecule has 0 bridgehead atoms. The minimum absolute atomic E-state index is 0.0495. The van der Waals surface area contributed by atoms with Gasteiger partial charge in [0.25, 0.3) is 11.8 Å². The quantitative estimate of drug-likeness (QED) is 0.136. The number of nitrogens with one attached hydrogen (secondary N) is 1. The maximum absolute atomic E-state index is 12.0. The van der Waals surface area contributed by atoms with E-state index in [2.05, 4.69) is 5.32 Å². The van der Waals surface area contributed by atoms with Crippen LogP contribution in [0.25, 0.3) is 0 Å². The minimum Gasteiger partial charge on any atom is -0.480 e. The zero-order valence-electron chi connectivity index (χ0n) is 18.4. The number of carbonyl (C=O) groups is 6. The molecule has 0 spiro atoms. The Morgan fingerprint density at radius 2 is 1.67 bits per heavy atom. The summed E-state index contributed by atoms with van der Waals surface area (Å²) in [5.41, 5.74) is 0. The lowest BCUT2D eigenvalue weighted by Gasteiger charge is -2.30. The fourth-order valence-corrected chi connectivity index (χ4v) is 3.22. The van der Waals surface area contributed by atoms with Gasteiger partial charge >= 0.3 is 23.9 Å². The molecule has 14 nitrogen and oxygen atoms in total. The number of hydrogen-bond donors (Lipinski definition) is 4. The van der Waals surface area contributed by atoms with E-state index < -0.39 is 41.7 Å². The molecule has 2 amide bonds. The first kappa shape index (κ1) is 27.9. The molecule has 0 saturated carbocycles. The van der Waals surface area contributed by atoms with Gasteiger partial charge in [-0.15, -0.1) is 5.06 Å². The molecular weight excluding hydrogens is 444 g/mol. The average molecular weight is 474 g/mol. The van der Waals surface area contributed by atoms with Crippen LogP contribution in [0.3, 0.4) is 0 Å². The molecule has 0 aromatic carbocycles. The van der Waals surface area contributed by atoms with Gasteiger partial charge in [-0.25, -0.2) is 4.79 Å². The van der Waals surface area contributed by atoms with Crippen molar-refractivity contribution >= 4 is 35.7 Å². The van der Waals surface area contributed by atoms with E-state index in [1.807, 2.05) is 0 Å². The third-order valence-electron chi connectivity index (χ3n) is 4.90. The van der Waals surface area contributed by atoms with Gasteiger partial charge in [0.15, 0.2) is 0 Å². The van der Waals surface area contributed by atoms with Crippen molar-refractivity contribution in [3.8, 4) is 0 Å². The van der Waals surface area contributed by atoms with Crippen molar-refractivity contribution in [2.75, 3.05) is 45.8 Å². The van der Waals surface area contributed by atoms with E-state index in [0.29, 0.717) is 11.6 Å². The first-order chi connectivity index (χ1) is 15.5. The normalized spacial score (nSPS) is 14.7. The zero-order chi connectivity index (χ0) is 25.0. The number of carboxylic acid groups (broad SMARTS) is 3. The molecule has 0 aromatic rings. The minimum atomic E-state index is -1.19. The number of imide groups is 1. The molecule has 1 fully saturated rings. The van der Waals surface area contributed by atoms with Crippen LogP contribution in [0.2, 0.25) is 0 Å². The fraction of sp³-hybridized carbons (Fsp3) is 0.684. The number of amides is 2. The summed E-state index contributed by atoms with van der Waals surface area (Å²) in [6.45, 7) is 2.27. The highest BCUT2D eigenvalue weighted by Gasteiger charge is 2.33. The largest absolute Gasteiger partial charge is 0.480 e. The van der Waals surface area contributed by atoms with E-state index >= 15 is 0 Å². The Hall–Kier alpha value is -3.10. The van der Waals surface area contributed by atoms with E-state index in [-0.39, 0.29) is 65.0 Å². The van der Waals surface area contributed by atoms with Crippen LogP contribution in [0.1, 0.15) is 32.6 Å². The number of likely N-dealkylation sites (N-methyl/N-ethyl adjacent to an activating group) is 1. The van der Waals surface area contributed by atoms with Crippen LogP contribution in [0.5, 0.6) is 0 Å². The molecule has 1 aliphatic rings. The lowest BCUT2D eigenvalue weighted by Crippen LogP contribution is -2.47. The van der Waals surface area contributed by atoms with Crippen LogP contribution >= 0.6 is 0 Å². The predicted molar refractivity (Wildman–Crippen MR) is 110 cm³/mol. The molecular formula is C19H30N4O10. The molecule has 186 valence electrons. The number of nitrogens with zero attached hydrogens (tertiary/aromatic N) is 3. The molecule has 1 atom stereocenters. The summed E-state index contributed by atoms with van der Waals surface area (Å²) in [5, 5.41) is 30.4. The lowest BCUT2D eigenvalue weighted by molar-refractivity contribution is -0.197. The Balaban J connectivity index is 2.62. The van der Waals surface area contributed by atoms with E-state index in [1.165, 1.54) is 4.90 Å². The van der Waals surface area contributed by atoms with Gasteiger partial charge < -0.3 is 25.5 Å². The highest BCUT2D eigenvalue weighted by atomic mass is 16.7. The first-order valence-electron chi connectivity index (χ1n) is 10.4. The second kappa shape index (κ2) is 14.1. The molecule has 14 heteroatoms. The van der Waals surface area contributed by atoms with Gasteiger partial charge in [0.05, 0.1) is 19.5 Å². The summed E-state index contributed by atoms with van der Waals surface area (Å²) >= 11 is 0. The standard InChI is InChI=1S/C19H30N4O10/c1-2-22(10-9-21(12-17(28)29)8-7-20-11-16(26)27)13(19(31)32)3-6-18(30)33-23-14(24)4-5-15(23)25/h13,20H,2-12H2,1H3,(H,26,27)(H,28,29)(H,31,32). The molecule has 0 radical (unpaired) electrons. The van der Waals surface area contributed by atoms with Crippen LogP contribution in [-0.2, 0) is 33.6 Å². The van der Waals surface area contributed by atoms with Crippen LogP contribution in [0.4, 0.5) is 0 Å². The van der Waals surface area contributed by atoms with Crippen LogP contribution in [0.15, 0.2) is 0 Å². The van der Waals surface area contributed by atoms with Crippen molar-refractivity contribution in [3.63, 3.8) is 0 Å². The number of hydroxylamine groups is 2. The Morgan fingerprint density at radius 3 is 2.18 bits per heavy atom. The van der Waals surface area contributed by atoms with Crippen molar-refractivity contribution < 1.29 is 48.9 Å². The summed E-state index contributed by atoms with van der Waals surface area (Å²) in [6.07, 6.45) is -0.585. The van der Waals surface area contributed by atoms with E-state index in [4.69, 9.17) is 15.1 Å². The van der Waals surface area contributed by atoms with Crippen LogP contribution in [0, 0.1) is 0 Å². The fourth-order valence-electron chi connectivity index (χ4n) is 3.22. The summed E-state index contributed by atoms with van der Waals surface area (Å²) in [6, 6.07) is -1.08. The molecule has 0 aliphatic carbocycles. The Bertz CT molecular complexity index is 728. The maximum atomic E-state index is 12.0. The van der Waals surface area contributed by atoms with Crippen molar-refractivity contribution in [3.05, 3.63) is 0 Å². The molecule has 1 unspecified atom stereocenters. The molecule has 33 heavy (non-hydrogen) atoms. The zero-order valence-corrected chi connectivity index (χ0v) is 18.4. The van der Waals surface area contributed by atoms with Gasteiger partial charge in [0, 0.05) is 39.0 Å². The molecule has 1 rings (SSSR count). The Labute approximate surface area is 190 Å². The van der Waals surface area contributed by atoms with E-state index in [0.717, 1.165) is 0 Å². The van der Waals surface area contributed by atoms with Crippen molar-refractivity contribution in [2.45, 2.75) is 38.6 Å². The van der Waals surface area contributed by atoms with E-state index in [9.17, 15) is 33.9 Å². The molecule has 4 N–H and O–H groups in total. The molecule has 1 heterocycles. The monoisotopic (exact) mass is 474 g/mol. The van der Waals surface area contributed by atoms with Crippen molar-refractivity contribution in [2.24, 2.45) is 0 Å². The lowest BCUT2D eigenvalue weighted by atomic mass is 10.1. The second-order valence-corrected chi connectivity index (χ2v) is 7.31. The smallest absolute Gasteiger partial charge is 0.333 e. The van der Waals surface area contributed by atoms with Gasteiger partial charge in [-0.1, -0.05) is 6.92 Å². The summed E-state index contributed by atoms with van der Waals surface area (Å²) < 4.78 is 0. The highest BCUT2D eigenvalue weighted by Crippen LogP contribution is 2.14. The SMILES string of the molecule is CCN(CCN(CCNCC(=O)O)CC(=O)O)C(CCC(=O)ON1C(=O)CCC1=O)C(=O)O. The van der Waals surface area contributed by atoms with Gasteiger partial charge in [-0.3, -0.25) is 33.8 Å². The van der Waals surface area contributed by atoms with Gasteiger partial charge in [-0.05, 0) is 13.0 Å². The summed E-state index contributed by atoms with van der Waals surface area (Å²) in [7, 11) is 0. The van der Waals surface area contributed by atoms with Gasteiger partial charge in [0.1, 0.15) is 6.04 Å². The number of aliphatic carboxylic acids is 3. The Morgan fingerprint density at radius 1 is 1.03 bits per heavy atom. The number of rotatable bonds is 17. The first-order valence-corrected chi connectivity index (χ1v) is 10.4. The number of carboxylic acids is 3. The summed E-state index contributed by atoms with van der Waals surface area (Å²) in [5.74, 6) is -5.48.